The van der Waals surface area contributed by atoms with E-state index < -0.39 is 5.41 Å². The van der Waals surface area contributed by atoms with Crippen LogP contribution in [0.4, 0.5) is 0 Å². The second kappa shape index (κ2) is 2.58. The van der Waals surface area contributed by atoms with Gasteiger partial charge in [0.15, 0.2) is 0 Å². The lowest BCUT2D eigenvalue weighted by atomic mass is 9.94. The molecule has 0 aromatic carbocycles. The fourth-order valence-electron chi connectivity index (χ4n) is 0.938. The van der Waals surface area contributed by atoms with Crippen molar-refractivity contribution in [1.82, 2.24) is 5.32 Å². The Hall–Kier alpha value is -1.39. The van der Waals surface area contributed by atoms with Crippen molar-refractivity contribution in [3.05, 3.63) is 5.21 Å². The van der Waals surface area contributed by atoms with E-state index in [0.717, 1.165) is 0 Å². The van der Waals surface area contributed by atoms with E-state index in [2.05, 4.69) is 10.4 Å². The molecule has 0 radical (unpaired) electrons. The molecule has 1 rings (SSSR count). The van der Waals surface area contributed by atoms with Crippen molar-refractivity contribution in [3.8, 4) is 0 Å². The van der Waals surface area contributed by atoms with Gasteiger partial charge >= 0.3 is 5.91 Å². The molecule has 1 heterocycles. The van der Waals surface area contributed by atoms with Gasteiger partial charge in [0.25, 0.3) is 5.84 Å². The third-order valence-corrected chi connectivity index (χ3v) is 1.58. The van der Waals surface area contributed by atoms with E-state index in [1.54, 1.807) is 13.8 Å². The minimum atomic E-state index is -0.479. The molecule has 66 valence electrons. The molecule has 12 heavy (non-hydrogen) atoms. The van der Waals surface area contributed by atoms with Crippen molar-refractivity contribution < 1.29 is 9.64 Å². The second-order valence-electron chi connectivity index (χ2n) is 3.27. The van der Waals surface area contributed by atoms with Crippen LogP contribution >= 0.6 is 0 Å². The summed E-state index contributed by atoms with van der Waals surface area (Å²) in [5, 5.41) is 17.0. The van der Waals surface area contributed by atoms with E-state index in [9.17, 15) is 10.0 Å². The molecule has 0 fully saturated rings. The number of hydrogen-bond acceptors (Lipinski definition) is 3. The number of nitrogens with zero attached hydrogens (tertiary/aromatic N) is 2. The fraction of sp³-hybridized carbons (Fsp3) is 0.571. The van der Waals surface area contributed by atoms with E-state index in [4.69, 9.17) is 0 Å². The highest BCUT2D eigenvalue weighted by molar-refractivity contribution is 6.06. The van der Waals surface area contributed by atoms with E-state index in [0.29, 0.717) is 4.85 Å². The molecular weight excluding hydrogens is 158 g/mol. The number of rotatable bonds is 0. The molecule has 0 saturated heterocycles. The van der Waals surface area contributed by atoms with Crippen LogP contribution in [0.1, 0.15) is 20.8 Å². The van der Waals surface area contributed by atoms with Gasteiger partial charge < -0.3 is 5.21 Å². The minimum Gasteiger partial charge on any atom is -0.691 e. The average Bonchev–Trinajstić information content (AvgIpc) is 2.15. The summed E-state index contributed by atoms with van der Waals surface area (Å²) in [5.41, 5.74) is -0.479. The summed E-state index contributed by atoms with van der Waals surface area (Å²) in [4.78, 5) is 11.1. The Morgan fingerprint density at radius 1 is 1.75 bits per heavy atom. The number of carbonyl (C=O) groups is 1. The zero-order chi connectivity index (χ0) is 9.35. The molecule has 5 nitrogen and oxygen atoms in total. The third-order valence-electron chi connectivity index (χ3n) is 1.58. The van der Waals surface area contributed by atoms with E-state index >= 15 is 0 Å². The van der Waals surface area contributed by atoms with E-state index in [1.807, 2.05) is 0 Å². The van der Waals surface area contributed by atoms with Gasteiger partial charge in [-0.1, -0.05) is 5.10 Å². The Morgan fingerprint density at radius 3 is 2.67 bits per heavy atom. The van der Waals surface area contributed by atoms with Gasteiger partial charge in [0.1, 0.15) is 5.41 Å². The summed E-state index contributed by atoms with van der Waals surface area (Å²) in [6, 6.07) is 0. The predicted octanol–water partition coefficient (Wildman–Crippen LogP) is 0.0569. The zero-order valence-electron chi connectivity index (χ0n) is 7.29. The normalized spacial score (nSPS) is 19.9. The van der Waals surface area contributed by atoms with Gasteiger partial charge in [0.2, 0.25) is 0 Å². The van der Waals surface area contributed by atoms with Gasteiger partial charge in [-0.2, -0.15) is 0 Å². The number of amides is 1. The summed E-state index contributed by atoms with van der Waals surface area (Å²) in [7, 11) is 0. The SMILES string of the molecule is CC(=O)NC1=[N+]([O-])N=CC1(C)C. The molecule has 1 aliphatic heterocycles. The first-order chi connectivity index (χ1) is 5.43. The van der Waals surface area contributed by atoms with Crippen LogP contribution in [0.2, 0.25) is 0 Å². The van der Waals surface area contributed by atoms with Crippen LogP contribution in [0.5, 0.6) is 0 Å². The molecular formula is C7H11N3O2. The quantitative estimate of drug-likeness (QED) is 0.411. The highest BCUT2D eigenvalue weighted by Gasteiger charge is 2.35. The van der Waals surface area contributed by atoms with Crippen molar-refractivity contribution in [3.63, 3.8) is 0 Å². The van der Waals surface area contributed by atoms with Crippen molar-refractivity contribution >= 4 is 18.0 Å². The smallest absolute Gasteiger partial charge is 0.304 e. The fourth-order valence-corrected chi connectivity index (χ4v) is 0.938. The van der Waals surface area contributed by atoms with Crippen LogP contribution in [-0.4, -0.2) is 22.8 Å². The number of hydrogen-bond donors (Lipinski definition) is 1. The molecule has 0 saturated carbocycles. The predicted molar refractivity (Wildman–Crippen MR) is 44.7 cm³/mol. The van der Waals surface area contributed by atoms with Gasteiger partial charge in [0, 0.05) is 6.92 Å². The molecule has 0 aliphatic carbocycles. The van der Waals surface area contributed by atoms with Crippen LogP contribution < -0.4 is 5.32 Å². The number of amidine groups is 1. The maximum atomic E-state index is 11.0. The van der Waals surface area contributed by atoms with Crippen molar-refractivity contribution in [2.45, 2.75) is 20.8 Å². The third kappa shape index (κ3) is 1.44. The maximum absolute atomic E-state index is 11.0. The number of hydrazone groups is 1. The van der Waals surface area contributed by atoms with Crippen LogP contribution in [0.25, 0.3) is 0 Å². The Bertz CT molecular complexity index is 278. The second-order valence-corrected chi connectivity index (χ2v) is 3.27. The first kappa shape index (κ1) is 8.70. The lowest BCUT2D eigenvalue weighted by Crippen LogP contribution is -2.41. The van der Waals surface area contributed by atoms with Gasteiger partial charge in [-0.25, -0.2) is 10.1 Å². The zero-order valence-corrected chi connectivity index (χ0v) is 7.29. The molecule has 5 heteroatoms. The molecule has 0 bridgehead atoms. The Morgan fingerprint density at radius 2 is 2.33 bits per heavy atom. The van der Waals surface area contributed by atoms with Crippen LogP contribution in [0.3, 0.4) is 0 Å². The summed E-state index contributed by atoms with van der Waals surface area (Å²) in [6.07, 6.45) is 1.51. The molecule has 0 aromatic heterocycles. The highest BCUT2D eigenvalue weighted by Crippen LogP contribution is 2.17. The topological polar surface area (TPSA) is 67.5 Å². The van der Waals surface area contributed by atoms with Gasteiger partial charge in [-0.3, -0.25) is 0 Å². The average molecular weight is 169 g/mol. The summed E-state index contributed by atoms with van der Waals surface area (Å²) >= 11 is 0. The molecule has 1 aliphatic rings. The Kier molecular flexibility index (Phi) is 1.87. The maximum Gasteiger partial charge on any atom is 0.304 e. The monoisotopic (exact) mass is 169 g/mol. The first-order valence-electron chi connectivity index (χ1n) is 3.61. The molecule has 0 spiro atoms. The lowest BCUT2D eigenvalue weighted by molar-refractivity contribution is -0.462. The van der Waals surface area contributed by atoms with Crippen LogP contribution in [0, 0.1) is 10.6 Å². The van der Waals surface area contributed by atoms with Crippen molar-refractivity contribution in [2.75, 3.05) is 0 Å². The van der Waals surface area contributed by atoms with Crippen LogP contribution in [-0.2, 0) is 4.79 Å². The Balaban J connectivity index is 2.89. The molecule has 0 unspecified atom stereocenters. The van der Waals surface area contributed by atoms with Gasteiger partial charge in [0.05, 0.1) is 6.21 Å². The van der Waals surface area contributed by atoms with Gasteiger partial charge in [-0.15, -0.1) is 4.85 Å². The number of carbonyl (C=O) groups excluding carboxylic acids is 1. The standard InChI is InChI=1S/C7H11N3O2/c1-5(11)9-6-7(2,3)4-8-10(6)12/h4H,1-3H3,(H,9,11). The largest absolute Gasteiger partial charge is 0.691 e. The van der Waals surface area contributed by atoms with Crippen molar-refractivity contribution in [1.29, 1.82) is 0 Å². The first-order valence-corrected chi connectivity index (χ1v) is 3.61. The summed E-state index contributed by atoms with van der Waals surface area (Å²) in [5.74, 6) is 0.0134. The molecule has 0 aromatic rings. The lowest BCUT2D eigenvalue weighted by Gasteiger charge is -2.12. The van der Waals surface area contributed by atoms with Crippen LogP contribution in [0.15, 0.2) is 5.10 Å². The van der Waals surface area contributed by atoms with E-state index in [1.165, 1.54) is 13.1 Å². The summed E-state index contributed by atoms with van der Waals surface area (Å²) in [6.45, 7) is 4.97. The highest BCUT2D eigenvalue weighted by atomic mass is 16.5. The number of nitrogens with one attached hydrogen (secondary N) is 1. The summed E-state index contributed by atoms with van der Waals surface area (Å²) < 4.78 is 0. The Labute approximate surface area is 70.4 Å². The van der Waals surface area contributed by atoms with Gasteiger partial charge in [-0.05, 0) is 13.8 Å². The van der Waals surface area contributed by atoms with E-state index in [-0.39, 0.29) is 11.7 Å². The minimum absolute atomic E-state index is 0.260. The van der Waals surface area contributed by atoms with Crippen molar-refractivity contribution in [2.24, 2.45) is 10.5 Å². The molecule has 0 atom stereocenters. The molecule has 1 N–H and O–H groups in total. The molecule has 1 amide bonds.